The van der Waals surface area contributed by atoms with Crippen LogP contribution in [-0.2, 0) is 23.9 Å². The van der Waals surface area contributed by atoms with E-state index in [1.807, 2.05) is 0 Å². The fourth-order valence-corrected chi connectivity index (χ4v) is 2.24. The van der Waals surface area contributed by atoms with Gasteiger partial charge in [-0.15, -0.1) is 0 Å². The Morgan fingerprint density at radius 3 is 2.38 bits per heavy atom. The van der Waals surface area contributed by atoms with Gasteiger partial charge in [-0.25, -0.2) is 0 Å². The molecule has 0 saturated carbocycles. The summed E-state index contributed by atoms with van der Waals surface area (Å²) in [7, 11) is 0. The fourth-order valence-electron chi connectivity index (χ4n) is 2.24. The maximum Gasteiger partial charge on any atom is 0.416 e. The van der Waals surface area contributed by atoms with Crippen molar-refractivity contribution in [3.05, 3.63) is 65.2 Å². The highest BCUT2D eigenvalue weighted by molar-refractivity contribution is 5.81. The molecule has 0 aliphatic carbocycles. The second-order valence-electron chi connectivity index (χ2n) is 5.35. The molecule has 0 bridgehead atoms. The first-order valence-electron chi connectivity index (χ1n) is 7.23. The average Bonchev–Trinajstić information content (AvgIpc) is 2.54. The van der Waals surface area contributed by atoms with E-state index in [1.54, 1.807) is 12.1 Å². The third-order valence-corrected chi connectivity index (χ3v) is 3.50. The number of nitrogens with one attached hydrogen (secondary N) is 1. The number of rotatable bonds is 5. The summed E-state index contributed by atoms with van der Waals surface area (Å²) in [5.74, 6) is -0.444. The van der Waals surface area contributed by atoms with Crippen molar-refractivity contribution in [1.82, 2.24) is 5.32 Å². The second kappa shape index (κ2) is 7.35. The Morgan fingerprint density at radius 2 is 1.75 bits per heavy atom. The lowest BCUT2D eigenvalue weighted by Crippen LogP contribution is -2.41. The van der Waals surface area contributed by atoms with E-state index >= 15 is 0 Å². The minimum Gasteiger partial charge on any atom is -0.508 e. The zero-order valence-electron chi connectivity index (χ0n) is 12.7. The largest absolute Gasteiger partial charge is 0.508 e. The summed E-state index contributed by atoms with van der Waals surface area (Å²) >= 11 is 0. The van der Waals surface area contributed by atoms with E-state index in [0.717, 1.165) is 11.6 Å². The van der Waals surface area contributed by atoms with E-state index in [-0.39, 0.29) is 24.3 Å². The summed E-state index contributed by atoms with van der Waals surface area (Å²) in [4.78, 5) is 12.0. The summed E-state index contributed by atoms with van der Waals surface area (Å²) in [5, 5.41) is 11.6. The number of carbonyl (C=O) groups is 1. The van der Waals surface area contributed by atoms with Gasteiger partial charge in [0, 0.05) is 6.54 Å². The predicted octanol–water partition coefficient (Wildman–Crippen LogP) is 2.60. The SMILES string of the molecule is N[C@@H](Cc1ccc(O)cc1)C(=O)NCc1ccccc1C(F)(F)F. The molecule has 4 nitrogen and oxygen atoms in total. The third kappa shape index (κ3) is 4.73. The minimum absolute atomic E-state index is 0.0183. The molecular weight excluding hydrogens is 321 g/mol. The van der Waals surface area contributed by atoms with E-state index in [0.29, 0.717) is 0 Å². The van der Waals surface area contributed by atoms with E-state index in [2.05, 4.69) is 5.32 Å². The van der Waals surface area contributed by atoms with E-state index in [9.17, 15) is 23.1 Å². The highest BCUT2D eigenvalue weighted by Crippen LogP contribution is 2.31. The molecular formula is C17H17F3N2O2. The molecule has 2 rings (SSSR count). The molecule has 0 heterocycles. The van der Waals surface area contributed by atoms with E-state index in [1.165, 1.54) is 30.3 Å². The summed E-state index contributed by atoms with van der Waals surface area (Å²) in [6.07, 6.45) is -4.26. The Morgan fingerprint density at radius 1 is 1.12 bits per heavy atom. The fraction of sp³-hybridized carbons (Fsp3) is 0.235. The Bertz CT molecular complexity index is 700. The number of carbonyl (C=O) groups excluding carboxylic acids is 1. The van der Waals surface area contributed by atoms with Gasteiger partial charge in [0.15, 0.2) is 0 Å². The van der Waals surface area contributed by atoms with Gasteiger partial charge in [-0.05, 0) is 35.7 Å². The first kappa shape index (κ1) is 17.8. The van der Waals surface area contributed by atoms with Crippen molar-refractivity contribution < 1.29 is 23.1 Å². The molecule has 0 spiro atoms. The van der Waals surface area contributed by atoms with Gasteiger partial charge in [0.2, 0.25) is 5.91 Å². The van der Waals surface area contributed by atoms with Crippen molar-refractivity contribution in [2.75, 3.05) is 0 Å². The van der Waals surface area contributed by atoms with E-state index < -0.39 is 23.7 Å². The van der Waals surface area contributed by atoms with Gasteiger partial charge in [-0.1, -0.05) is 30.3 Å². The Labute approximate surface area is 137 Å². The molecule has 1 atom stereocenters. The number of hydrogen-bond donors (Lipinski definition) is 3. The van der Waals surface area contributed by atoms with Crippen LogP contribution in [0.3, 0.4) is 0 Å². The summed E-state index contributed by atoms with van der Waals surface area (Å²) in [6.45, 7) is -0.252. The highest BCUT2D eigenvalue weighted by atomic mass is 19.4. The Balaban J connectivity index is 1.97. The molecule has 0 aliphatic rings. The van der Waals surface area contributed by atoms with Crippen LogP contribution in [0.5, 0.6) is 5.75 Å². The van der Waals surface area contributed by atoms with Crippen molar-refractivity contribution in [3.63, 3.8) is 0 Å². The number of phenols is 1. The van der Waals surface area contributed by atoms with Gasteiger partial charge >= 0.3 is 6.18 Å². The lowest BCUT2D eigenvalue weighted by Gasteiger charge is -2.15. The van der Waals surface area contributed by atoms with Gasteiger partial charge in [-0.2, -0.15) is 13.2 Å². The van der Waals surface area contributed by atoms with E-state index in [4.69, 9.17) is 5.73 Å². The third-order valence-electron chi connectivity index (χ3n) is 3.50. The number of aromatic hydroxyl groups is 1. The Kier molecular flexibility index (Phi) is 5.46. The molecule has 1 amide bonds. The van der Waals surface area contributed by atoms with Crippen LogP contribution in [0.25, 0.3) is 0 Å². The first-order chi connectivity index (χ1) is 11.3. The molecule has 0 fully saturated rings. The van der Waals surface area contributed by atoms with Gasteiger partial charge in [0.25, 0.3) is 0 Å². The molecule has 4 N–H and O–H groups in total. The number of alkyl halides is 3. The van der Waals surface area contributed by atoms with Gasteiger partial charge < -0.3 is 16.2 Å². The molecule has 0 radical (unpaired) electrons. The molecule has 2 aromatic rings. The number of halogens is 3. The molecule has 24 heavy (non-hydrogen) atoms. The van der Waals surface area contributed by atoms with Crippen molar-refractivity contribution in [3.8, 4) is 5.75 Å². The van der Waals surface area contributed by atoms with Crippen LogP contribution in [0.2, 0.25) is 0 Å². The van der Waals surface area contributed by atoms with Crippen LogP contribution < -0.4 is 11.1 Å². The van der Waals surface area contributed by atoms with Crippen molar-refractivity contribution in [2.45, 2.75) is 25.2 Å². The lowest BCUT2D eigenvalue weighted by molar-refractivity contribution is -0.138. The van der Waals surface area contributed by atoms with Crippen LogP contribution in [0, 0.1) is 0 Å². The molecule has 7 heteroatoms. The van der Waals surface area contributed by atoms with Gasteiger partial charge in [-0.3, -0.25) is 4.79 Å². The summed E-state index contributed by atoms with van der Waals surface area (Å²) in [5.41, 5.74) is 5.72. The first-order valence-corrected chi connectivity index (χ1v) is 7.23. The normalized spacial score (nSPS) is 12.7. The monoisotopic (exact) mass is 338 g/mol. The maximum atomic E-state index is 12.9. The number of hydrogen-bond acceptors (Lipinski definition) is 3. The zero-order chi connectivity index (χ0) is 17.7. The maximum absolute atomic E-state index is 12.9. The number of benzene rings is 2. The molecule has 0 aromatic heterocycles. The summed E-state index contributed by atoms with van der Waals surface area (Å²) < 4.78 is 38.7. The van der Waals surface area contributed by atoms with Crippen molar-refractivity contribution in [1.29, 1.82) is 0 Å². The van der Waals surface area contributed by atoms with Crippen LogP contribution >= 0.6 is 0 Å². The second-order valence-corrected chi connectivity index (χ2v) is 5.35. The molecule has 0 unspecified atom stereocenters. The lowest BCUT2D eigenvalue weighted by atomic mass is 10.0. The number of phenolic OH excluding ortho intramolecular Hbond substituents is 1. The highest BCUT2D eigenvalue weighted by Gasteiger charge is 2.32. The zero-order valence-corrected chi connectivity index (χ0v) is 12.7. The van der Waals surface area contributed by atoms with Crippen LogP contribution in [0.4, 0.5) is 13.2 Å². The Hall–Kier alpha value is -2.54. The topological polar surface area (TPSA) is 75.3 Å². The predicted molar refractivity (Wildman–Crippen MR) is 83.1 cm³/mol. The number of amides is 1. The standard InChI is InChI=1S/C17H17F3N2O2/c18-17(19,20)14-4-2-1-3-12(14)10-22-16(24)15(21)9-11-5-7-13(23)8-6-11/h1-8,15,23H,9-10,21H2,(H,22,24)/t15-/m0/s1. The van der Waals surface area contributed by atoms with Crippen LogP contribution in [0.1, 0.15) is 16.7 Å². The van der Waals surface area contributed by atoms with Crippen molar-refractivity contribution >= 4 is 5.91 Å². The summed E-state index contributed by atoms with van der Waals surface area (Å²) in [6, 6.07) is 10.4. The van der Waals surface area contributed by atoms with Crippen molar-refractivity contribution in [2.24, 2.45) is 5.73 Å². The molecule has 2 aromatic carbocycles. The van der Waals surface area contributed by atoms with Gasteiger partial charge in [0.05, 0.1) is 11.6 Å². The molecule has 0 aliphatic heterocycles. The number of nitrogens with two attached hydrogens (primary N) is 1. The average molecular weight is 338 g/mol. The van der Waals surface area contributed by atoms with Crippen LogP contribution in [0.15, 0.2) is 48.5 Å². The van der Waals surface area contributed by atoms with Gasteiger partial charge in [0.1, 0.15) is 5.75 Å². The minimum atomic E-state index is -4.48. The smallest absolute Gasteiger partial charge is 0.416 e. The quantitative estimate of drug-likeness (QED) is 0.784. The molecule has 128 valence electrons. The van der Waals surface area contributed by atoms with Crippen LogP contribution in [-0.4, -0.2) is 17.1 Å². The molecule has 0 saturated heterocycles.